The van der Waals surface area contributed by atoms with Gasteiger partial charge in [0, 0.05) is 23.5 Å². The van der Waals surface area contributed by atoms with Crippen LogP contribution in [0, 0.1) is 5.92 Å². The molecule has 1 aliphatic heterocycles. The van der Waals surface area contributed by atoms with Gasteiger partial charge in [-0.15, -0.1) is 0 Å². The lowest BCUT2D eigenvalue weighted by Gasteiger charge is -2.05. The lowest BCUT2D eigenvalue weighted by molar-refractivity contribution is 0.0976. The average molecular weight is 238 g/mol. The van der Waals surface area contributed by atoms with Crippen LogP contribution in [0.25, 0.3) is 0 Å². The molecule has 0 bridgehead atoms. The highest BCUT2D eigenvalue weighted by Crippen LogP contribution is 2.36. The van der Waals surface area contributed by atoms with Crippen molar-refractivity contribution < 1.29 is 4.79 Å². The van der Waals surface area contributed by atoms with Crippen molar-refractivity contribution in [1.29, 1.82) is 0 Å². The SMILES string of the molecule is O=C(CCC1CSSC1)c1ccccc1. The summed E-state index contributed by atoms with van der Waals surface area (Å²) in [5.41, 5.74) is 0.857. The normalized spacial score (nSPS) is 16.8. The summed E-state index contributed by atoms with van der Waals surface area (Å²) in [5, 5.41) is 0. The van der Waals surface area contributed by atoms with Crippen molar-refractivity contribution in [2.45, 2.75) is 12.8 Å². The number of hydrogen-bond donors (Lipinski definition) is 0. The van der Waals surface area contributed by atoms with Crippen LogP contribution in [-0.4, -0.2) is 17.3 Å². The molecule has 1 saturated heterocycles. The van der Waals surface area contributed by atoms with Gasteiger partial charge in [0.05, 0.1) is 0 Å². The Labute approximate surface area is 98.4 Å². The maximum absolute atomic E-state index is 11.8. The molecule has 0 amide bonds. The Hall–Kier alpha value is -0.410. The van der Waals surface area contributed by atoms with Crippen LogP contribution >= 0.6 is 21.6 Å². The fourth-order valence-corrected chi connectivity index (χ4v) is 4.63. The molecule has 0 spiro atoms. The zero-order valence-electron chi connectivity index (χ0n) is 8.52. The largest absolute Gasteiger partial charge is 0.294 e. The highest BCUT2D eigenvalue weighted by molar-refractivity contribution is 8.77. The van der Waals surface area contributed by atoms with E-state index in [0.717, 1.165) is 17.9 Å². The number of ketones is 1. The molecule has 1 aliphatic rings. The van der Waals surface area contributed by atoms with Crippen LogP contribution in [-0.2, 0) is 0 Å². The quantitative estimate of drug-likeness (QED) is 0.588. The first-order chi connectivity index (χ1) is 7.36. The van der Waals surface area contributed by atoms with Crippen molar-refractivity contribution in [2.75, 3.05) is 11.5 Å². The summed E-state index contributed by atoms with van der Waals surface area (Å²) in [5.74, 6) is 3.46. The fraction of sp³-hybridized carbons (Fsp3) is 0.417. The van der Waals surface area contributed by atoms with Crippen molar-refractivity contribution in [2.24, 2.45) is 5.92 Å². The number of rotatable bonds is 4. The molecule has 0 atom stereocenters. The van der Waals surface area contributed by atoms with Crippen LogP contribution in [0.3, 0.4) is 0 Å². The third kappa shape index (κ3) is 3.28. The van der Waals surface area contributed by atoms with Gasteiger partial charge in [-0.05, 0) is 12.3 Å². The molecule has 80 valence electrons. The van der Waals surface area contributed by atoms with Gasteiger partial charge >= 0.3 is 0 Å². The molecular formula is C12H14OS2. The Kier molecular flexibility index (Phi) is 4.15. The second-order valence-electron chi connectivity index (χ2n) is 3.76. The lowest BCUT2D eigenvalue weighted by atomic mass is 10.0. The summed E-state index contributed by atoms with van der Waals surface area (Å²) >= 11 is 0. The summed E-state index contributed by atoms with van der Waals surface area (Å²) < 4.78 is 0. The topological polar surface area (TPSA) is 17.1 Å². The molecular weight excluding hydrogens is 224 g/mol. The molecule has 15 heavy (non-hydrogen) atoms. The Bertz CT molecular complexity index is 318. The Morgan fingerprint density at radius 1 is 1.20 bits per heavy atom. The van der Waals surface area contributed by atoms with Crippen LogP contribution in [0.2, 0.25) is 0 Å². The molecule has 1 aromatic rings. The summed E-state index contributed by atoms with van der Waals surface area (Å²) in [7, 11) is 3.87. The van der Waals surface area contributed by atoms with E-state index < -0.39 is 0 Å². The number of hydrogen-bond acceptors (Lipinski definition) is 3. The maximum atomic E-state index is 11.8. The van der Waals surface area contributed by atoms with E-state index >= 15 is 0 Å². The van der Waals surface area contributed by atoms with Crippen LogP contribution in [0.5, 0.6) is 0 Å². The van der Waals surface area contributed by atoms with E-state index in [9.17, 15) is 4.79 Å². The third-order valence-electron chi connectivity index (χ3n) is 2.57. The Balaban J connectivity index is 1.82. The van der Waals surface area contributed by atoms with Gasteiger partial charge in [-0.25, -0.2) is 0 Å². The van der Waals surface area contributed by atoms with Gasteiger partial charge < -0.3 is 0 Å². The van der Waals surface area contributed by atoms with E-state index in [1.54, 1.807) is 0 Å². The number of Topliss-reactive ketones (excluding diaryl/α,β-unsaturated/α-hetero) is 1. The first-order valence-electron chi connectivity index (χ1n) is 5.19. The standard InChI is InChI=1S/C12H14OS2/c13-12(11-4-2-1-3-5-11)7-6-10-8-14-15-9-10/h1-5,10H,6-9H2. The van der Waals surface area contributed by atoms with E-state index in [2.05, 4.69) is 0 Å². The Morgan fingerprint density at radius 3 is 2.53 bits per heavy atom. The summed E-state index contributed by atoms with van der Waals surface area (Å²) in [6.07, 6.45) is 1.75. The monoisotopic (exact) mass is 238 g/mol. The van der Waals surface area contributed by atoms with E-state index in [1.165, 1.54) is 11.5 Å². The van der Waals surface area contributed by atoms with Crippen molar-refractivity contribution in [3.05, 3.63) is 35.9 Å². The highest BCUT2D eigenvalue weighted by atomic mass is 33.1. The van der Waals surface area contributed by atoms with E-state index in [4.69, 9.17) is 0 Å². The zero-order chi connectivity index (χ0) is 10.5. The van der Waals surface area contributed by atoms with Gasteiger partial charge in [0.2, 0.25) is 0 Å². The van der Waals surface area contributed by atoms with Gasteiger partial charge in [-0.1, -0.05) is 51.9 Å². The van der Waals surface area contributed by atoms with Crippen LogP contribution in [0.4, 0.5) is 0 Å². The molecule has 1 aromatic carbocycles. The van der Waals surface area contributed by atoms with Gasteiger partial charge in [-0.3, -0.25) is 4.79 Å². The maximum Gasteiger partial charge on any atom is 0.162 e. The fourth-order valence-electron chi connectivity index (χ4n) is 1.61. The van der Waals surface area contributed by atoms with E-state index in [1.807, 2.05) is 51.9 Å². The van der Waals surface area contributed by atoms with Crippen molar-refractivity contribution in [3.8, 4) is 0 Å². The van der Waals surface area contributed by atoms with Gasteiger partial charge in [0.25, 0.3) is 0 Å². The molecule has 1 heterocycles. The Morgan fingerprint density at radius 2 is 1.87 bits per heavy atom. The van der Waals surface area contributed by atoms with Gasteiger partial charge in [-0.2, -0.15) is 0 Å². The van der Waals surface area contributed by atoms with Crippen molar-refractivity contribution in [1.82, 2.24) is 0 Å². The first kappa shape index (κ1) is 11.1. The molecule has 2 rings (SSSR count). The predicted molar refractivity (Wildman–Crippen MR) is 68.4 cm³/mol. The van der Waals surface area contributed by atoms with E-state index in [0.29, 0.717) is 6.42 Å². The highest BCUT2D eigenvalue weighted by Gasteiger charge is 2.17. The summed E-state index contributed by atoms with van der Waals surface area (Å²) in [6.45, 7) is 0. The molecule has 0 aliphatic carbocycles. The number of benzene rings is 1. The molecule has 0 aromatic heterocycles. The van der Waals surface area contributed by atoms with Gasteiger partial charge in [0.15, 0.2) is 5.78 Å². The molecule has 1 nitrogen and oxygen atoms in total. The zero-order valence-corrected chi connectivity index (χ0v) is 10.2. The number of carbonyl (C=O) groups excluding carboxylic acids is 1. The van der Waals surface area contributed by atoms with Crippen LogP contribution in [0.15, 0.2) is 30.3 Å². The second-order valence-corrected chi connectivity index (χ2v) is 6.32. The molecule has 0 unspecified atom stereocenters. The third-order valence-corrected chi connectivity index (χ3v) is 5.26. The minimum Gasteiger partial charge on any atom is -0.294 e. The number of carbonyl (C=O) groups is 1. The van der Waals surface area contributed by atoms with E-state index in [-0.39, 0.29) is 5.78 Å². The molecule has 0 N–H and O–H groups in total. The molecule has 0 radical (unpaired) electrons. The minimum atomic E-state index is 0.289. The van der Waals surface area contributed by atoms with Crippen molar-refractivity contribution >= 4 is 27.4 Å². The minimum absolute atomic E-state index is 0.289. The molecule has 3 heteroatoms. The summed E-state index contributed by atoms with van der Waals surface area (Å²) in [4.78, 5) is 11.8. The summed E-state index contributed by atoms with van der Waals surface area (Å²) in [6, 6.07) is 9.60. The average Bonchev–Trinajstić information content (AvgIpc) is 2.80. The lowest BCUT2D eigenvalue weighted by Crippen LogP contribution is -2.06. The van der Waals surface area contributed by atoms with Crippen LogP contribution < -0.4 is 0 Å². The van der Waals surface area contributed by atoms with Crippen LogP contribution in [0.1, 0.15) is 23.2 Å². The predicted octanol–water partition coefficient (Wildman–Crippen LogP) is 3.66. The second kappa shape index (κ2) is 5.61. The van der Waals surface area contributed by atoms with Crippen molar-refractivity contribution in [3.63, 3.8) is 0 Å². The first-order valence-corrected chi connectivity index (χ1v) is 7.68. The smallest absolute Gasteiger partial charge is 0.162 e. The van der Waals surface area contributed by atoms with Gasteiger partial charge in [0.1, 0.15) is 0 Å². The molecule has 0 saturated carbocycles. The molecule has 1 fully saturated rings.